The number of benzene rings is 3. The summed E-state index contributed by atoms with van der Waals surface area (Å²) >= 11 is 0. The molecule has 7 atom stereocenters. The number of hydrogen-bond acceptors (Lipinski definition) is 9. The number of rotatable bonds is 14. The maximum atomic E-state index is 14.5. The number of nitrogens with one attached hydrogen (secondary N) is 2. The first-order valence-electron chi connectivity index (χ1n) is 18.1. The molecule has 3 aromatic rings. The molecule has 2 aliphatic heterocycles. The molecule has 2 amide bonds. The Morgan fingerprint density at radius 3 is 2.43 bits per heavy atom. The van der Waals surface area contributed by atoms with Crippen LogP contribution in [0.5, 0.6) is 5.75 Å². The van der Waals surface area contributed by atoms with E-state index >= 15 is 0 Å². The number of fused-ring (bicyclic) bond motifs is 1. The van der Waals surface area contributed by atoms with Gasteiger partial charge in [-0.2, -0.15) is 0 Å². The SMILES string of the molecule is C[C@@H]1COC[C@H]1OC(=O)N[C@@H](Cc1ccccc1)[C@@H](O)C[C@@](C)(C(=O)N[C@H]1c2ccccc2C[C@H]1O)c1ccc(OCCN2CCOCC2)cc1. The van der Waals surface area contributed by atoms with E-state index < -0.39 is 35.8 Å². The molecular weight excluding hydrogens is 650 g/mol. The maximum absolute atomic E-state index is 14.5. The molecule has 11 heteroatoms. The highest BCUT2D eigenvalue weighted by Gasteiger charge is 2.43. The van der Waals surface area contributed by atoms with Crippen LogP contribution in [0, 0.1) is 5.92 Å². The Bertz CT molecular complexity index is 1580. The molecule has 0 bridgehead atoms. The molecule has 0 unspecified atom stereocenters. The van der Waals surface area contributed by atoms with E-state index in [-0.39, 0.29) is 24.3 Å². The summed E-state index contributed by atoms with van der Waals surface area (Å²) < 4.78 is 22.7. The molecule has 2 saturated heterocycles. The third-order valence-electron chi connectivity index (χ3n) is 10.5. The van der Waals surface area contributed by atoms with Crippen LogP contribution in [-0.2, 0) is 37.3 Å². The summed E-state index contributed by atoms with van der Waals surface area (Å²) in [6, 6.07) is 23.3. The number of carbonyl (C=O) groups is 2. The van der Waals surface area contributed by atoms with Crippen molar-refractivity contribution in [2.75, 3.05) is 52.7 Å². The van der Waals surface area contributed by atoms with E-state index in [4.69, 9.17) is 18.9 Å². The topological polar surface area (TPSA) is 139 Å². The van der Waals surface area contributed by atoms with Gasteiger partial charge in [0.1, 0.15) is 18.5 Å². The highest BCUT2D eigenvalue weighted by atomic mass is 16.6. The molecule has 4 N–H and O–H groups in total. The number of aliphatic hydroxyl groups excluding tert-OH is 2. The quantitative estimate of drug-likeness (QED) is 0.199. The van der Waals surface area contributed by atoms with Crippen molar-refractivity contribution in [3.8, 4) is 5.75 Å². The van der Waals surface area contributed by atoms with Gasteiger partial charge in [-0.15, -0.1) is 0 Å². The average molecular weight is 702 g/mol. The van der Waals surface area contributed by atoms with E-state index in [1.54, 1.807) is 6.92 Å². The van der Waals surface area contributed by atoms with Crippen molar-refractivity contribution < 1.29 is 38.7 Å². The van der Waals surface area contributed by atoms with Gasteiger partial charge >= 0.3 is 6.09 Å². The summed E-state index contributed by atoms with van der Waals surface area (Å²) in [6.07, 6.45) is -2.24. The smallest absolute Gasteiger partial charge is 0.407 e. The Morgan fingerprint density at radius 1 is 0.980 bits per heavy atom. The zero-order chi connectivity index (χ0) is 35.8. The molecule has 3 aromatic carbocycles. The molecule has 0 aromatic heterocycles. The van der Waals surface area contributed by atoms with Crippen LogP contribution in [-0.4, -0.2) is 104 Å². The second kappa shape index (κ2) is 17.0. The van der Waals surface area contributed by atoms with Crippen LogP contribution in [0.2, 0.25) is 0 Å². The monoisotopic (exact) mass is 701 g/mol. The lowest BCUT2D eigenvalue weighted by Gasteiger charge is -2.35. The van der Waals surface area contributed by atoms with Crippen LogP contribution in [0.3, 0.4) is 0 Å². The van der Waals surface area contributed by atoms with Gasteiger partial charge in [0, 0.05) is 32.0 Å². The van der Waals surface area contributed by atoms with Crippen molar-refractivity contribution in [3.05, 3.63) is 101 Å². The molecule has 0 spiro atoms. The predicted octanol–water partition coefficient (Wildman–Crippen LogP) is 3.55. The summed E-state index contributed by atoms with van der Waals surface area (Å²) in [5, 5.41) is 29.0. The number of hydrogen-bond donors (Lipinski definition) is 4. The Kier molecular flexibility index (Phi) is 12.3. The highest BCUT2D eigenvalue weighted by molar-refractivity contribution is 5.88. The first-order valence-corrected chi connectivity index (χ1v) is 18.1. The minimum atomic E-state index is -1.27. The lowest BCUT2D eigenvalue weighted by atomic mass is 9.75. The van der Waals surface area contributed by atoms with Crippen molar-refractivity contribution in [2.24, 2.45) is 5.92 Å². The van der Waals surface area contributed by atoms with Crippen molar-refractivity contribution >= 4 is 12.0 Å². The minimum absolute atomic E-state index is 0.0265. The zero-order valence-electron chi connectivity index (χ0n) is 29.5. The molecule has 6 rings (SSSR count). The molecule has 0 radical (unpaired) electrons. The van der Waals surface area contributed by atoms with E-state index in [9.17, 15) is 19.8 Å². The molecule has 3 aliphatic rings. The van der Waals surface area contributed by atoms with E-state index in [1.165, 1.54) is 0 Å². The van der Waals surface area contributed by atoms with Crippen LogP contribution in [0.25, 0.3) is 0 Å². The predicted molar refractivity (Wildman–Crippen MR) is 192 cm³/mol. The molecule has 2 heterocycles. The summed E-state index contributed by atoms with van der Waals surface area (Å²) in [4.78, 5) is 30.0. The van der Waals surface area contributed by atoms with Crippen molar-refractivity contribution in [3.63, 3.8) is 0 Å². The van der Waals surface area contributed by atoms with Crippen molar-refractivity contribution in [1.82, 2.24) is 15.5 Å². The molecule has 11 nitrogen and oxygen atoms in total. The Morgan fingerprint density at radius 2 is 1.71 bits per heavy atom. The van der Waals surface area contributed by atoms with Crippen molar-refractivity contribution in [1.29, 1.82) is 0 Å². The van der Waals surface area contributed by atoms with Gasteiger partial charge in [-0.1, -0.05) is 73.7 Å². The van der Waals surface area contributed by atoms with E-state index in [0.717, 1.165) is 49.5 Å². The molecule has 274 valence electrons. The number of nitrogens with zero attached hydrogens (tertiary/aromatic N) is 1. The first-order chi connectivity index (χ1) is 24.7. The Hall–Kier alpha value is -4.00. The van der Waals surface area contributed by atoms with Crippen LogP contribution in [0.1, 0.15) is 48.6 Å². The van der Waals surface area contributed by atoms with Gasteiger partial charge < -0.3 is 39.8 Å². The van der Waals surface area contributed by atoms with Gasteiger partial charge in [-0.25, -0.2) is 4.79 Å². The van der Waals surface area contributed by atoms with E-state index in [2.05, 4.69) is 15.5 Å². The van der Waals surface area contributed by atoms with E-state index in [0.29, 0.717) is 44.0 Å². The van der Waals surface area contributed by atoms with E-state index in [1.807, 2.05) is 85.8 Å². The fourth-order valence-electron chi connectivity index (χ4n) is 7.25. The third kappa shape index (κ3) is 9.27. The number of ether oxygens (including phenoxy) is 4. The Balaban J connectivity index is 1.23. The number of carbonyl (C=O) groups excluding carboxylic acids is 2. The summed E-state index contributed by atoms with van der Waals surface area (Å²) in [7, 11) is 0. The first kappa shape index (κ1) is 36.8. The van der Waals surface area contributed by atoms with Crippen LogP contribution in [0.4, 0.5) is 4.79 Å². The summed E-state index contributed by atoms with van der Waals surface area (Å²) in [5.41, 5.74) is 2.18. The van der Waals surface area contributed by atoms with Gasteiger partial charge in [0.05, 0.1) is 56.1 Å². The van der Waals surface area contributed by atoms with Gasteiger partial charge in [0.25, 0.3) is 0 Å². The second-order valence-corrected chi connectivity index (χ2v) is 14.3. The van der Waals surface area contributed by atoms with Gasteiger partial charge in [-0.3, -0.25) is 9.69 Å². The van der Waals surface area contributed by atoms with Gasteiger partial charge in [0.15, 0.2) is 0 Å². The average Bonchev–Trinajstić information content (AvgIpc) is 3.69. The highest BCUT2D eigenvalue weighted by Crippen LogP contribution is 2.36. The second-order valence-electron chi connectivity index (χ2n) is 14.3. The molecule has 0 saturated carbocycles. The van der Waals surface area contributed by atoms with Gasteiger partial charge in [-0.05, 0) is 54.2 Å². The normalized spacial score (nSPS) is 24.2. The lowest BCUT2D eigenvalue weighted by molar-refractivity contribution is -0.129. The van der Waals surface area contributed by atoms with Crippen molar-refractivity contribution in [2.45, 2.75) is 68.9 Å². The van der Waals surface area contributed by atoms with Crippen LogP contribution in [0.15, 0.2) is 78.9 Å². The van der Waals surface area contributed by atoms with Gasteiger partial charge in [0.2, 0.25) is 5.91 Å². The molecule has 2 fully saturated rings. The standard InChI is InChI=1S/C40H51N3O8/c1-27-25-49-26-36(27)51-39(47)41-33(22-28-8-4-3-5-9-28)35(45)24-40(2,38(46)42-37-32-11-7-6-10-29(32)23-34(37)44)30-12-14-31(15-13-30)50-21-18-43-16-19-48-20-17-43/h3-15,27,33-37,44-45H,16-26H2,1-2H3,(H,41,47)(H,42,46)/t27-,33+,34-,35+,36-,37+,40-/m1/s1. The number of amides is 2. The largest absolute Gasteiger partial charge is 0.492 e. The van der Waals surface area contributed by atoms with Crippen LogP contribution < -0.4 is 15.4 Å². The summed E-state index contributed by atoms with van der Waals surface area (Å²) in [5.74, 6) is 0.385. The zero-order valence-corrected chi connectivity index (χ0v) is 29.5. The van der Waals surface area contributed by atoms with Crippen LogP contribution >= 0.6 is 0 Å². The maximum Gasteiger partial charge on any atom is 0.407 e. The number of morpholine rings is 1. The lowest BCUT2D eigenvalue weighted by Crippen LogP contribution is -2.52. The Labute approximate surface area is 300 Å². The number of alkyl carbamates (subject to hydrolysis) is 1. The molecule has 51 heavy (non-hydrogen) atoms. The fraction of sp³-hybridized carbons (Fsp3) is 0.500. The number of aliphatic hydroxyl groups is 2. The fourth-order valence-corrected chi connectivity index (χ4v) is 7.25. The minimum Gasteiger partial charge on any atom is -0.492 e. The molecular formula is C40H51N3O8. The third-order valence-corrected chi connectivity index (χ3v) is 10.5. The summed E-state index contributed by atoms with van der Waals surface area (Å²) in [6.45, 7) is 9.10. The molecule has 1 aliphatic carbocycles.